The maximum Gasteiger partial charge on any atom is 0.325 e. The summed E-state index contributed by atoms with van der Waals surface area (Å²) in [5.74, 6) is 0.253. The third kappa shape index (κ3) is 5.31. The predicted octanol–water partition coefficient (Wildman–Crippen LogP) is -1.31. The van der Waals surface area contributed by atoms with Gasteiger partial charge in [0.05, 0.1) is 19.5 Å². The van der Waals surface area contributed by atoms with Gasteiger partial charge in [0.2, 0.25) is 5.78 Å². The van der Waals surface area contributed by atoms with Crippen LogP contribution in [-0.4, -0.2) is 103 Å². The van der Waals surface area contributed by atoms with Crippen molar-refractivity contribution in [2.75, 3.05) is 18.9 Å². The van der Waals surface area contributed by atoms with Gasteiger partial charge in [-0.25, -0.2) is 19.9 Å². The smallest absolute Gasteiger partial charge is 0.325 e. The fourth-order valence-electron chi connectivity index (χ4n) is 5.32. The Bertz CT molecular complexity index is 1890. The zero-order chi connectivity index (χ0) is 31.0. The van der Waals surface area contributed by atoms with Crippen LogP contribution in [0.15, 0.2) is 42.1 Å². The second-order valence-corrected chi connectivity index (χ2v) is 15.6. The molecule has 4 aromatic rings. The van der Waals surface area contributed by atoms with E-state index >= 15 is 0 Å². The van der Waals surface area contributed by atoms with E-state index in [1.165, 1.54) is 50.8 Å². The van der Waals surface area contributed by atoms with E-state index in [1.54, 1.807) is 0 Å². The summed E-state index contributed by atoms with van der Waals surface area (Å²) in [5, 5.41) is 22.4. The number of fused-ring (bicyclic) bond motifs is 5. The van der Waals surface area contributed by atoms with E-state index in [0.717, 1.165) is 0 Å². The first kappa shape index (κ1) is 30.3. The lowest BCUT2D eigenvalue weighted by molar-refractivity contribution is -0.0609. The van der Waals surface area contributed by atoms with Gasteiger partial charge in [0, 0.05) is 24.7 Å². The average molecular weight is 691 g/mol. The number of hydrogen-bond acceptors (Lipinski definition) is 16. The summed E-state index contributed by atoms with van der Waals surface area (Å²) in [5.41, 5.74) is 6.02. The van der Waals surface area contributed by atoms with Crippen molar-refractivity contribution >= 4 is 59.8 Å². The van der Waals surface area contributed by atoms with Gasteiger partial charge in [0.25, 0.3) is 5.56 Å². The van der Waals surface area contributed by atoms with Crippen molar-refractivity contribution in [3.63, 3.8) is 0 Å². The van der Waals surface area contributed by atoms with E-state index in [1.807, 2.05) is 0 Å². The highest BCUT2D eigenvalue weighted by Crippen LogP contribution is 2.54. The quantitative estimate of drug-likeness (QED) is 0.153. The summed E-state index contributed by atoms with van der Waals surface area (Å²) in [6.07, 6.45) is -3.67. The molecule has 3 fully saturated rings. The first-order chi connectivity index (χ1) is 20.9. The number of nitrogens with zero attached hydrogens (tertiary/aromatic N) is 7. The van der Waals surface area contributed by atoms with Crippen LogP contribution in [0.25, 0.3) is 16.9 Å². The zero-order valence-electron chi connectivity index (χ0n) is 22.1. The molecular weight excluding hydrogens is 666 g/mol. The Balaban J connectivity index is 1.21. The van der Waals surface area contributed by atoms with E-state index in [4.69, 9.17) is 56.9 Å². The van der Waals surface area contributed by atoms with Gasteiger partial charge in [-0.1, -0.05) is 0 Å². The highest BCUT2D eigenvalue weighted by Gasteiger charge is 2.52. The molecule has 0 aliphatic carbocycles. The Morgan fingerprint density at radius 3 is 2.36 bits per heavy atom. The molecule has 7 rings (SSSR count). The molecule has 23 heteroatoms. The minimum absolute atomic E-state index is 0.105. The topological polar surface area (TPSA) is 245 Å². The molecule has 4 aromatic heterocycles. The van der Waals surface area contributed by atoms with Crippen molar-refractivity contribution in [1.29, 1.82) is 0 Å². The Labute approximate surface area is 256 Å². The summed E-state index contributed by atoms with van der Waals surface area (Å²) in [6, 6.07) is 1.25. The van der Waals surface area contributed by atoms with Gasteiger partial charge in [-0.2, -0.15) is 0 Å². The first-order valence-electron chi connectivity index (χ1n) is 12.9. The zero-order valence-corrected chi connectivity index (χ0v) is 25.5. The van der Waals surface area contributed by atoms with E-state index in [0.29, 0.717) is 0 Å². The molecule has 44 heavy (non-hydrogen) atoms. The summed E-state index contributed by atoms with van der Waals surface area (Å²) >= 11 is 10.5. The van der Waals surface area contributed by atoms with Crippen LogP contribution in [0, 0.1) is 0 Å². The molecule has 6 N–H and O–H groups in total. The second-order valence-electron chi connectivity index (χ2n) is 10.0. The molecule has 19 nitrogen and oxygen atoms in total. The molecule has 3 aliphatic heterocycles. The summed E-state index contributed by atoms with van der Waals surface area (Å²) < 4.78 is 38.7. The number of nitrogen functional groups attached to an aromatic ring is 1. The van der Waals surface area contributed by atoms with Gasteiger partial charge in [-0.3, -0.25) is 27.4 Å². The lowest BCUT2D eigenvalue weighted by Gasteiger charge is -2.28. The first-order valence-corrected chi connectivity index (χ1v) is 18.1. The van der Waals surface area contributed by atoms with Crippen LogP contribution >= 0.6 is 13.4 Å². The molecule has 0 amide bonds. The molecule has 0 radical (unpaired) electrons. The van der Waals surface area contributed by atoms with Crippen LogP contribution in [0.5, 0.6) is 0 Å². The summed E-state index contributed by atoms with van der Waals surface area (Å²) in [4.78, 5) is 50.8. The van der Waals surface area contributed by atoms with Crippen LogP contribution in [0.3, 0.4) is 0 Å². The largest absolute Gasteiger partial charge is 0.387 e. The van der Waals surface area contributed by atoms with Gasteiger partial charge in [0.1, 0.15) is 48.5 Å². The lowest BCUT2D eigenvalue weighted by Crippen LogP contribution is -2.36. The van der Waals surface area contributed by atoms with Crippen molar-refractivity contribution in [3.8, 4) is 0 Å². The van der Waals surface area contributed by atoms with Gasteiger partial charge < -0.3 is 44.3 Å². The Morgan fingerprint density at radius 1 is 0.886 bits per heavy atom. The second kappa shape index (κ2) is 11.2. The molecule has 0 saturated carbocycles. The minimum Gasteiger partial charge on any atom is -0.387 e. The van der Waals surface area contributed by atoms with Gasteiger partial charge in [-0.05, 0) is 23.6 Å². The molecule has 3 saturated heterocycles. The molecule has 7 heterocycles. The number of aromatic nitrogens is 7. The molecule has 2 bridgehead atoms. The molecule has 0 spiro atoms. The highest BCUT2D eigenvalue weighted by atomic mass is 32.5. The van der Waals surface area contributed by atoms with Crippen molar-refractivity contribution in [2.45, 2.75) is 49.1 Å². The number of hydrogen-bond donors (Lipinski definition) is 5. The number of ether oxygens (including phenoxy) is 2. The van der Waals surface area contributed by atoms with E-state index in [9.17, 15) is 24.8 Å². The molecule has 10 atom stereocenters. The predicted molar refractivity (Wildman–Crippen MR) is 154 cm³/mol. The third-order valence-electron chi connectivity index (χ3n) is 7.34. The Hall–Kier alpha value is -2.33. The Kier molecular flexibility index (Phi) is 7.71. The van der Waals surface area contributed by atoms with Crippen LogP contribution in [0.2, 0.25) is 0 Å². The summed E-state index contributed by atoms with van der Waals surface area (Å²) in [7, 11) is 0. The highest BCUT2D eigenvalue weighted by molar-refractivity contribution is 8.07. The van der Waals surface area contributed by atoms with Gasteiger partial charge in [0.15, 0.2) is 23.9 Å². The number of nitrogens with two attached hydrogens (primary N) is 1. The molecule has 0 aromatic carbocycles. The molecule has 2 unspecified atom stereocenters. The number of rotatable bonds is 2. The van der Waals surface area contributed by atoms with Crippen LogP contribution in [0.4, 0.5) is 5.82 Å². The average Bonchev–Trinajstić information content (AvgIpc) is 3.75. The molecular formula is C21H24N8O11P2S2. The third-order valence-corrected chi connectivity index (χ3v) is 10.5. The fourth-order valence-corrected chi connectivity index (χ4v) is 8.17. The van der Waals surface area contributed by atoms with Crippen LogP contribution < -0.4 is 11.3 Å². The fraction of sp³-hybridized carbons (Fsp3) is 0.476. The van der Waals surface area contributed by atoms with E-state index in [2.05, 4.69) is 19.9 Å². The van der Waals surface area contributed by atoms with Crippen LogP contribution in [0.1, 0.15) is 12.5 Å². The maximum absolute atomic E-state index is 12.3. The number of aliphatic hydroxyl groups excluding tert-OH is 2. The number of anilines is 1. The van der Waals surface area contributed by atoms with Crippen molar-refractivity contribution in [2.24, 2.45) is 0 Å². The number of imidazole rings is 2. The standard InChI is InChI=1S/C21H24N8O11P2S2/c22-17-12-18(25-7-24-17)29(8-26-12)19-14(32)15-10(38-19)6-36-42(34,44)40-16-13(31)9(5-35-41(33,43)39-15)37-20(16)28-3-1-11(30)27-4-2-23-21(27)28/h1-4,7-10,13-16,19-20,31-32H,5-6H2,(H,33,43)(H,34,44)(H2,22,24,25)/t9-,10-,13-,14-,15-,16-,19-,20-,41?,42?/m1/s1. The van der Waals surface area contributed by atoms with E-state index < -0.39 is 75.7 Å². The molecule has 236 valence electrons. The number of aliphatic hydroxyl groups is 2. The minimum atomic E-state index is -4.18. The van der Waals surface area contributed by atoms with E-state index in [-0.39, 0.29) is 28.3 Å². The van der Waals surface area contributed by atoms with Gasteiger partial charge >= 0.3 is 13.4 Å². The monoisotopic (exact) mass is 690 g/mol. The maximum atomic E-state index is 12.3. The normalized spacial score (nSPS) is 38.3. The SMILES string of the molecule is Nc1ncnc2c1ncn2[C@@H]1O[C@@H]2COP(O)(=S)O[C@@H]3[C@H](O)[C@@H](COP(O)(=S)O[C@H]2[C@H]1O)O[C@H]3n1ccc(=O)n2ccnc12. The van der Waals surface area contributed by atoms with Crippen molar-refractivity contribution in [3.05, 3.63) is 47.7 Å². The molecule has 3 aliphatic rings. The van der Waals surface area contributed by atoms with Crippen molar-refractivity contribution in [1.82, 2.24) is 33.5 Å². The lowest BCUT2D eigenvalue weighted by atomic mass is 10.1. The summed E-state index contributed by atoms with van der Waals surface area (Å²) in [6.45, 7) is -9.33. The van der Waals surface area contributed by atoms with Gasteiger partial charge in [-0.15, -0.1) is 0 Å². The Morgan fingerprint density at radius 2 is 1.59 bits per heavy atom. The van der Waals surface area contributed by atoms with Crippen molar-refractivity contribution < 1.29 is 47.6 Å². The van der Waals surface area contributed by atoms with Crippen LogP contribution in [-0.2, 0) is 51.2 Å².